The van der Waals surface area contributed by atoms with Crippen molar-refractivity contribution in [1.82, 2.24) is 14.5 Å². The second-order valence-corrected chi connectivity index (χ2v) is 12.1. The maximum atomic E-state index is 14.6. The topological polar surface area (TPSA) is 80.3 Å². The Labute approximate surface area is 254 Å². The Bertz CT molecular complexity index is 1890. The molecule has 0 saturated carbocycles. The Kier molecular flexibility index (Phi) is 6.93. The first-order chi connectivity index (χ1) is 21.2. The molecule has 2 aliphatic rings. The van der Waals surface area contributed by atoms with Crippen molar-refractivity contribution in [3.63, 3.8) is 0 Å². The number of carbonyl (C=O) groups is 1. The second-order valence-electron chi connectivity index (χ2n) is 12.1. The molecule has 2 aromatic carbocycles. The number of amides is 1. The summed E-state index contributed by atoms with van der Waals surface area (Å²) < 4.78 is 31.3. The lowest BCUT2D eigenvalue weighted by atomic mass is 9.96. The third-order valence-electron chi connectivity index (χ3n) is 9.10. The van der Waals surface area contributed by atoms with Gasteiger partial charge in [0.25, 0.3) is 0 Å². The van der Waals surface area contributed by atoms with Gasteiger partial charge in [-0.15, -0.1) is 0 Å². The average Bonchev–Trinajstić information content (AvgIpc) is 3.53. The lowest BCUT2D eigenvalue weighted by molar-refractivity contribution is -0.117. The molecule has 2 aliphatic heterocycles. The molecule has 1 fully saturated rings. The monoisotopic (exact) mass is 592 g/mol. The van der Waals surface area contributed by atoms with E-state index >= 15 is 0 Å². The first-order valence-electron chi connectivity index (χ1n) is 15.0. The van der Waals surface area contributed by atoms with Gasteiger partial charge < -0.3 is 20.1 Å². The molecular formula is C35H34F2N6O. The molecule has 0 aliphatic carbocycles. The van der Waals surface area contributed by atoms with E-state index in [-0.39, 0.29) is 18.0 Å². The van der Waals surface area contributed by atoms with Gasteiger partial charge in [0.1, 0.15) is 17.3 Å². The molecule has 224 valence electrons. The predicted molar refractivity (Wildman–Crippen MR) is 170 cm³/mol. The summed E-state index contributed by atoms with van der Waals surface area (Å²) >= 11 is 0. The number of fused-ring (bicyclic) bond motifs is 2. The van der Waals surface area contributed by atoms with Crippen molar-refractivity contribution < 1.29 is 13.6 Å². The summed E-state index contributed by atoms with van der Waals surface area (Å²) in [5.74, 6) is -1.23. The molecule has 7 rings (SSSR count). The number of aryl methyl sites for hydroxylation is 1. The van der Waals surface area contributed by atoms with Crippen LogP contribution in [0, 0.1) is 18.6 Å². The SMILES string of the molecule is Cc1ccc(C(C)n2cc(-c3ccc4c(c3)N(C)C(=O)C4)c3c(N4CCC(N)CC4)c(-c4cc(F)cc(F)c4)cnc32)nc1. The number of carbonyl (C=O) groups excluding carboxylic acids is 1. The van der Waals surface area contributed by atoms with Crippen LogP contribution in [0.1, 0.15) is 42.6 Å². The smallest absolute Gasteiger partial charge is 0.231 e. The molecule has 0 radical (unpaired) electrons. The molecule has 7 nitrogen and oxygen atoms in total. The number of pyridine rings is 2. The van der Waals surface area contributed by atoms with Crippen LogP contribution in [-0.2, 0) is 11.2 Å². The number of hydrogen-bond donors (Lipinski definition) is 1. The first-order valence-corrected chi connectivity index (χ1v) is 15.0. The standard InChI is InChI=1S/C35H34F2N6O/c1-20-4-7-30(39-17-20)21(2)43-19-29(22-5-6-23-15-32(44)41(3)31(23)14-22)33-34(42-10-8-27(38)9-11-42)28(18-40-35(33)43)24-12-25(36)16-26(37)13-24/h4-7,12-14,16-19,21,27H,8-11,15,38H2,1-3H3. The van der Waals surface area contributed by atoms with E-state index in [2.05, 4.69) is 28.7 Å². The summed E-state index contributed by atoms with van der Waals surface area (Å²) in [4.78, 5) is 26.2. The van der Waals surface area contributed by atoms with Crippen molar-refractivity contribution in [2.75, 3.05) is 29.9 Å². The van der Waals surface area contributed by atoms with Gasteiger partial charge in [-0.3, -0.25) is 9.78 Å². The number of hydrogen-bond acceptors (Lipinski definition) is 5. The highest BCUT2D eigenvalue weighted by Crippen LogP contribution is 2.45. The summed E-state index contributed by atoms with van der Waals surface area (Å²) in [6.45, 7) is 5.50. The fourth-order valence-electron chi connectivity index (χ4n) is 6.56. The Morgan fingerprint density at radius 2 is 1.68 bits per heavy atom. The normalized spacial score (nSPS) is 16.2. The van der Waals surface area contributed by atoms with E-state index in [1.165, 1.54) is 12.1 Å². The van der Waals surface area contributed by atoms with Gasteiger partial charge in [0.15, 0.2) is 0 Å². The molecule has 5 aromatic rings. The van der Waals surface area contributed by atoms with Crippen molar-refractivity contribution in [1.29, 1.82) is 0 Å². The predicted octanol–water partition coefficient (Wildman–Crippen LogP) is 6.41. The molecule has 44 heavy (non-hydrogen) atoms. The van der Waals surface area contributed by atoms with Crippen LogP contribution in [0.3, 0.4) is 0 Å². The van der Waals surface area contributed by atoms with E-state index < -0.39 is 11.6 Å². The molecule has 5 heterocycles. The number of nitrogens with zero attached hydrogens (tertiary/aromatic N) is 5. The number of nitrogens with two attached hydrogens (primary N) is 1. The van der Waals surface area contributed by atoms with Crippen molar-refractivity contribution >= 4 is 28.3 Å². The van der Waals surface area contributed by atoms with Crippen LogP contribution >= 0.6 is 0 Å². The Morgan fingerprint density at radius 1 is 0.932 bits per heavy atom. The Hall–Kier alpha value is -4.63. The highest BCUT2D eigenvalue weighted by Gasteiger charge is 2.29. The maximum absolute atomic E-state index is 14.6. The number of rotatable bonds is 5. The van der Waals surface area contributed by atoms with E-state index in [0.717, 1.165) is 69.3 Å². The lowest BCUT2D eigenvalue weighted by Gasteiger charge is -2.34. The van der Waals surface area contributed by atoms with Gasteiger partial charge in [-0.2, -0.15) is 0 Å². The lowest BCUT2D eigenvalue weighted by Crippen LogP contribution is -2.40. The number of anilines is 2. The minimum atomic E-state index is -0.644. The highest BCUT2D eigenvalue weighted by atomic mass is 19.1. The zero-order valence-corrected chi connectivity index (χ0v) is 25.0. The van der Waals surface area contributed by atoms with Gasteiger partial charge in [0.05, 0.1) is 29.2 Å². The molecule has 1 amide bonds. The molecule has 3 aromatic heterocycles. The minimum absolute atomic E-state index is 0.0566. The minimum Gasteiger partial charge on any atom is -0.370 e. The quantitative estimate of drug-likeness (QED) is 0.255. The second kappa shape index (κ2) is 10.8. The zero-order valence-electron chi connectivity index (χ0n) is 25.0. The molecular weight excluding hydrogens is 558 g/mol. The third kappa shape index (κ3) is 4.81. The molecule has 9 heteroatoms. The first kappa shape index (κ1) is 28.2. The van der Waals surface area contributed by atoms with Crippen LogP contribution in [-0.4, -0.2) is 46.6 Å². The molecule has 1 saturated heterocycles. The van der Waals surface area contributed by atoms with Gasteiger partial charge in [0.2, 0.25) is 5.91 Å². The summed E-state index contributed by atoms with van der Waals surface area (Å²) in [6, 6.07) is 13.7. The summed E-state index contributed by atoms with van der Waals surface area (Å²) in [5.41, 5.74) is 14.7. The van der Waals surface area contributed by atoms with Crippen LogP contribution < -0.4 is 15.5 Å². The Morgan fingerprint density at radius 3 is 2.39 bits per heavy atom. The molecule has 0 spiro atoms. The van der Waals surface area contributed by atoms with Gasteiger partial charge in [-0.05, 0) is 73.2 Å². The Balaban J connectivity index is 1.53. The molecule has 2 N–H and O–H groups in total. The van der Waals surface area contributed by atoms with Crippen LogP contribution in [0.4, 0.5) is 20.2 Å². The maximum Gasteiger partial charge on any atom is 0.231 e. The number of aromatic nitrogens is 3. The van der Waals surface area contributed by atoms with Crippen molar-refractivity contribution in [2.45, 2.75) is 45.2 Å². The summed E-state index contributed by atoms with van der Waals surface area (Å²) in [5, 5.41) is 0.883. The van der Waals surface area contributed by atoms with Gasteiger partial charge in [-0.1, -0.05) is 18.2 Å². The fourth-order valence-corrected chi connectivity index (χ4v) is 6.56. The number of halogens is 2. The van der Waals surface area contributed by atoms with Crippen LogP contribution in [0.2, 0.25) is 0 Å². The average molecular weight is 593 g/mol. The summed E-state index contributed by atoms with van der Waals surface area (Å²) in [6.07, 6.45) is 7.65. The molecule has 0 bridgehead atoms. The van der Waals surface area contributed by atoms with Crippen molar-refractivity contribution in [3.8, 4) is 22.3 Å². The van der Waals surface area contributed by atoms with E-state index in [1.54, 1.807) is 18.1 Å². The van der Waals surface area contributed by atoms with Gasteiger partial charge in [0, 0.05) is 67.7 Å². The number of benzene rings is 2. The van der Waals surface area contributed by atoms with Gasteiger partial charge >= 0.3 is 0 Å². The molecule has 1 unspecified atom stereocenters. The van der Waals surface area contributed by atoms with E-state index in [9.17, 15) is 13.6 Å². The van der Waals surface area contributed by atoms with Crippen molar-refractivity contribution in [3.05, 3.63) is 95.6 Å². The largest absolute Gasteiger partial charge is 0.370 e. The summed E-state index contributed by atoms with van der Waals surface area (Å²) in [7, 11) is 1.80. The van der Waals surface area contributed by atoms with Gasteiger partial charge in [-0.25, -0.2) is 13.8 Å². The number of piperidine rings is 1. The number of likely N-dealkylation sites (N-methyl/N-ethyl adjacent to an activating group) is 1. The van der Waals surface area contributed by atoms with E-state index in [1.807, 2.05) is 37.4 Å². The highest BCUT2D eigenvalue weighted by molar-refractivity contribution is 6.09. The van der Waals surface area contributed by atoms with Crippen LogP contribution in [0.25, 0.3) is 33.3 Å². The van der Waals surface area contributed by atoms with Crippen molar-refractivity contribution in [2.24, 2.45) is 5.73 Å². The third-order valence-corrected chi connectivity index (χ3v) is 9.10. The van der Waals surface area contributed by atoms with Crippen LogP contribution in [0.5, 0.6) is 0 Å². The zero-order chi connectivity index (χ0) is 30.7. The van der Waals surface area contributed by atoms with Crippen LogP contribution in [0.15, 0.2) is 67.1 Å². The molecule has 1 atom stereocenters. The van der Waals surface area contributed by atoms with E-state index in [0.29, 0.717) is 30.6 Å². The fraction of sp³-hybridized carbons (Fsp3) is 0.286. The van der Waals surface area contributed by atoms with E-state index in [4.69, 9.17) is 15.7 Å².